The van der Waals surface area contributed by atoms with E-state index in [0.29, 0.717) is 17.7 Å². The molecule has 1 aliphatic rings. The highest BCUT2D eigenvalue weighted by molar-refractivity contribution is 7.89. The van der Waals surface area contributed by atoms with Crippen molar-refractivity contribution < 1.29 is 17.6 Å². The summed E-state index contributed by atoms with van der Waals surface area (Å²) in [6.45, 7) is 0.417. The molecule has 0 aromatic heterocycles. The van der Waals surface area contributed by atoms with E-state index in [2.05, 4.69) is 0 Å². The van der Waals surface area contributed by atoms with Crippen LogP contribution in [0.15, 0.2) is 48.5 Å². The van der Waals surface area contributed by atoms with Crippen LogP contribution < -0.4 is 0 Å². The minimum atomic E-state index is -3.17. The second-order valence-electron chi connectivity index (χ2n) is 7.62. The van der Waals surface area contributed by atoms with Gasteiger partial charge in [0.25, 0.3) is 5.91 Å². The first-order chi connectivity index (χ1) is 13.3. The number of nitrogens with zero attached hydrogens (tertiary/aromatic N) is 1. The van der Waals surface area contributed by atoms with Crippen LogP contribution in [0.25, 0.3) is 0 Å². The molecular weight excluding hydrogens is 377 g/mol. The molecule has 0 radical (unpaired) electrons. The lowest BCUT2D eigenvalue weighted by atomic mass is 9.93. The van der Waals surface area contributed by atoms with Crippen molar-refractivity contribution in [3.63, 3.8) is 0 Å². The standard InChI is InChI=1S/C22H26FNO3S/c1-28(26,27)16-18-6-5-7-19(14-18)22(25)24(21-8-3-2-4-9-21)15-17-10-12-20(23)13-11-17/h5-7,10-14,21H,2-4,8-9,15-16H2,1H3. The largest absolute Gasteiger partial charge is 0.331 e. The third kappa shape index (κ3) is 5.64. The van der Waals surface area contributed by atoms with Crippen LogP contribution in [0.3, 0.4) is 0 Å². The van der Waals surface area contributed by atoms with E-state index in [4.69, 9.17) is 0 Å². The van der Waals surface area contributed by atoms with Crippen LogP contribution in [0.1, 0.15) is 53.6 Å². The molecule has 2 aromatic rings. The van der Waals surface area contributed by atoms with Crippen molar-refractivity contribution in [1.29, 1.82) is 0 Å². The van der Waals surface area contributed by atoms with Crippen molar-refractivity contribution in [2.45, 2.75) is 50.4 Å². The van der Waals surface area contributed by atoms with E-state index >= 15 is 0 Å². The van der Waals surface area contributed by atoms with Gasteiger partial charge in [0.05, 0.1) is 5.75 Å². The minimum absolute atomic E-state index is 0.0878. The van der Waals surface area contributed by atoms with Gasteiger partial charge in [0.1, 0.15) is 5.82 Å². The maximum Gasteiger partial charge on any atom is 0.254 e. The summed E-state index contributed by atoms with van der Waals surface area (Å²) in [4.78, 5) is 15.2. The lowest BCUT2D eigenvalue weighted by molar-refractivity contribution is 0.0614. The van der Waals surface area contributed by atoms with Crippen molar-refractivity contribution in [2.24, 2.45) is 0 Å². The van der Waals surface area contributed by atoms with Crippen LogP contribution in [-0.4, -0.2) is 31.5 Å². The van der Waals surface area contributed by atoms with E-state index in [1.807, 2.05) is 4.90 Å². The predicted molar refractivity (Wildman–Crippen MR) is 108 cm³/mol. The van der Waals surface area contributed by atoms with Crippen LogP contribution in [0.5, 0.6) is 0 Å². The van der Waals surface area contributed by atoms with E-state index in [1.54, 1.807) is 36.4 Å². The molecule has 4 nitrogen and oxygen atoms in total. The first kappa shape index (κ1) is 20.5. The SMILES string of the molecule is CS(=O)(=O)Cc1cccc(C(=O)N(Cc2ccc(F)cc2)C2CCCCC2)c1. The Kier molecular flexibility index (Phi) is 6.50. The van der Waals surface area contributed by atoms with Crippen molar-refractivity contribution in [3.8, 4) is 0 Å². The quantitative estimate of drug-likeness (QED) is 0.721. The van der Waals surface area contributed by atoms with Crippen LogP contribution in [0, 0.1) is 5.82 Å². The van der Waals surface area contributed by atoms with Gasteiger partial charge in [-0.25, -0.2) is 12.8 Å². The molecule has 0 atom stereocenters. The molecule has 0 spiro atoms. The third-order valence-corrected chi connectivity index (χ3v) is 6.00. The summed E-state index contributed by atoms with van der Waals surface area (Å²) in [6, 6.07) is 13.2. The van der Waals surface area contributed by atoms with E-state index in [0.717, 1.165) is 31.2 Å². The highest BCUT2D eigenvalue weighted by Gasteiger charge is 2.26. The number of amides is 1. The summed E-state index contributed by atoms with van der Waals surface area (Å²) in [6.07, 6.45) is 6.45. The molecule has 6 heteroatoms. The normalized spacial score (nSPS) is 15.4. The zero-order valence-corrected chi connectivity index (χ0v) is 16.9. The Morgan fingerprint density at radius 3 is 2.36 bits per heavy atom. The number of hydrogen-bond donors (Lipinski definition) is 0. The molecular formula is C22H26FNO3S. The van der Waals surface area contributed by atoms with E-state index in [-0.39, 0.29) is 23.5 Å². The maximum absolute atomic E-state index is 13.3. The summed E-state index contributed by atoms with van der Waals surface area (Å²) in [5.74, 6) is -0.491. The summed E-state index contributed by atoms with van der Waals surface area (Å²) >= 11 is 0. The molecule has 0 aliphatic heterocycles. The van der Waals surface area contributed by atoms with Crippen LogP contribution in [0.2, 0.25) is 0 Å². The first-order valence-electron chi connectivity index (χ1n) is 9.64. The van der Waals surface area contributed by atoms with E-state index in [1.165, 1.54) is 24.8 Å². The fourth-order valence-electron chi connectivity index (χ4n) is 3.81. The topological polar surface area (TPSA) is 54.5 Å². The van der Waals surface area contributed by atoms with Gasteiger partial charge in [-0.2, -0.15) is 0 Å². The van der Waals surface area contributed by atoms with Crippen LogP contribution in [0.4, 0.5) is 4.39 Å². The Labute approximate surface area is 166 Å². The molecule has 28 heavy (non-hydrogen) atoms. The van der Waals surface area contributed by atoms with E-state index < -0.39 is 9.84 Å². The Morgan fingerprint density at radius 1 is 1.04 bits per heavy atom. The highest BCUT2D eigenvalue weighted by Crippen LogP contribution is 2.26. The Balaban J connectivity index is 1.87. The average molecular weight is 404 g/mol. The first-order valence-corrected chi connectivity index (χ1v) is 11.7. The number of halogens is 1. The number of carbonyl (C=O) groups is 1. The zero-order chi connectivity index (χ0) is 20.1. The molecule has 1 saturated carbocycles. The highest BCUT2D eigenvalue weighted by atomic mass is 32.2. The van der Waals surface area contributed by atoms with Crippen molar-refractivity contribution in [1.82, 2.24) is 4.90 Å². The molecule has 0 bridgehead atoms. The average Bonchev–Trinajstić information content (AvgIpc) is 2.66. The fourth-order valence-corrected chi connectivity index (χ4v) is 4.59. The number of benzene rings is 2. The lowest BCUT2D eigenvalue weighted by Gasteiger charge is -2.34. The number of carbonyl (C=O) groups excluding carboxylic acids is 1. The monoisotopic (exact) mass is 403 g/mol. The van der Waals surface area contributed by atoms with Gasteiger partial charge in [-0.15, -0.1) is 0 Å². The fraction of sp³-hybridized carbons (Fsp3) is 0.409. The summed E-state index contributed by atoms with van der Waals surface area (Å²) in [5.41, 5.74) is 1.99. The van der Waals surface area contributed by atoms with Gasteiger partial charge in [-0.1, -0.05) is 43.5 Å². The van der Waals surface area contributed by atoms with Gasteiger partial charge in [0.2, 0.25) is 0 Å². The number of hydrogen-bond acceptors (Lipinski definition) is 3. The predicted octanol–water partition coefficient (Wildman–Crippen LogP) is 4.35. The van der Waals surface area contributed by atoms with Crippen molar-refractivity contribution in [2.75, 3.05) is 6.26 Å². The molecule has 1 aliphatic carbocycles. The van der Waals surface area contributed by atoms with Crippen LogP contribution in [-0.2, 0) is 22.1 Å². The summed E-state index contributed by atoms with van der Waals surface area (Å²) in [7, 11) is -3.17. The van der Waals surface area contributed by atoms with Gasteiger partial charge in [0, 0.05) is 24.4 Å². The van der Waals surface area contributed by atoms with Crippen molar-refractivity contribution >= 4 is 15.7 Å². The Morgan fingerprint density at radius 2 is 1.71 bits per heavy atom. The minimum Gasteiger partial charge on any atom is -0.331 e. The van der Waals surface area contributed by atoms with E-state index in [9.17, 15) is 17.6 Å². The number of rotatable bonds is 6. The van der Waals surface area contributed by atoms with Crippen molar-refractivity contribution in [3.05, 3.63) is 71.0 Å². The van der Waals surface area contributed by atoms with Gasteiger partial charge in [-0.05, 0) is 48.2 Å². The Bertz CT molecular complexity index is 919. The van der Waals surface area contributed by atoms with Gasteiger partial charge < -0.3 is 4.90 Å². The van der Waals surface area contributed by atoms with Crippen LogP contribution >= 0.6 is 0 Å². The van der Waals surface area contributed by atoms with Gasteiger partial charge in [-0.3, -0.25) is 4.79 Å². The smallest absolute Gasteiger partial charge is 0.254 e. The summed E-state index contributed by atoms with van der Waals surface area (Å²) in [5, 5.41) is 0. The molecule has 0 saturated heterocycles. The molecule has 1 fully saturated rings. The third-order valence-electron chi connectivity index (χ3n) is 5.15. The maximum atomic E-state index is 13.3. The second-order valence-corrected chi connectivity index (χ2v) is 9.76. The second kappa shape index (κ2) is 8.86. The van der Waals surface area contributed by atoms with Gasteiger partial charge in [0.15, 0.2) is 9.84 Å². The molecule has 2 aromatic carbocycles. The molecule has 1 amide bonds. The summed E-state index contributed by atoms with van der Waals surface area (Å²) < 4.78 is 36.5. The molecule has 3 rings (SSSR count). The molecule has 150 valence electrons. The van der Waals surface area contributed by atoms with Gasteiger partial charge >= 0.3 is 0 Å². The molecule has 0 heterocycles. The Hall–Kier alpha value is -2.21. The number of sulfone groups is 1. The zero-order valence-electron chi connectivity index (χ0n) is 16.1. The molecule has 0 N–H and O–H groups in total. The molecule has 0 unspecified atom stereocenters. The lowest BCUT2D eigenvalue weighted by Crippen LogP contribution is -2.41.